The van der Waals surface area contributed by atoms with Crippen LogP contribution in [0.1, 0.15) is 22.8 Å². The fourth-order valence-electron chi connectivity index (χ4n) is 3.14. The highest BCUT2D eigenvalue weighted by Crippen LogP contribution is 2.25. The summed E-state index contributed by atoms with van der Waals surface area (Å²) in [6, 6.07) is 16.0. The summed E-state index contributed by atoms with van der Waals surface area (Å²) in [5, 5.41) is 8.44. The summed E-state index contributed by atoms with van der Waals surface area (Å²) in [6.07, 6.45) is 2.68. The van der Waals surface area contributed by atoms with Gasteiger partial charge in [0, 0.05) is 18.7 Å². The second-order valence-electron chi connectivity index (χ2n) is 6.12. The summed E-state index contributed by atoms with van der Waals surface area (Å²) in [5.74, 6) is -0.757. The molecule has 1 aliphatic heterocycles. The lowest BCUT2D eigenvalue weighted by Crippen LogP contribution is -2.29. The van der Waals surface area contributed by atoms with Crippen molar-refractivity contribution >= 4 is 5.91 Å². The van der Waals surface area contributed by atoms with Gasteiger partial charge in [0.15, 0.2) is 0 Å². The Bertz CT molecular complexity index is 893. The third-order valence-corrected chi connectivity index (χ3v) is 4.51. The van der Waals surface area contributed by atoms with Crippen LogP contribution < -0.4 is 0 Å². The van der Waals surface area contributed by atoms with Crippen molar-refractivity contribution in [2.45, 2.75) is 12.5 Å². The van der Waals surface area contributed by atoms with Gasteiger partial charge in [0.1, 0.15) is 11.5 Å². The van der Waals surface area contributed by atoms with Gasteiger partial charge in [-0.2, -0.15) is 0 Å². The van der Waals surface area contributed by atoms with Crippen LogP contribution in [0.4, 0.5) is 4.39 Å². The van der Waals surface area contributed by atoms with Gasteiger partial charge in [0.2, 0.25) is 0 Å². The monoisotopic (exact) mass is 336 g/mol. The Kier molecular flexibility index (Phi) is 4.01. The summed E-state index contributed by atoms with van der Waals surface area (Å²) < 4.78 is 15.6. The molecule has 1 aliphatic rings. The van der Waals surface area contributed by atoms with Crippen LogP contribution in [-0.4, -0.2) is 38.9 Å². The normalized spacial score (nSPS) is 17.0. The van der Waals surface area contributed by atoms with E-state index in [1.807, 2.05) is 36.5 Å². The molecular weight excluding hydrogens is 319 g/mol. The second-order valence-corrected chi connectivity index (χ2v) is 6.12. The van der Waals surface area contributed by atoms with Crippen molar-refractivity contribution in [3.05, 3.63) is 72.2 Å². The van der Waals surface area contributed by atoms with Gasteiger partial charge in [-0.25, -0.2) is 9.07 Å². The first-order valence-corrected chi connectivity index (χ1v) is 8.23. The van der Waals surface area contributed by atoms with Crippen molar-refractivity contribution < 1.29 is 9.18 Å². The Morgan fingerprint density at radius 2 is 1.84 bits per heavy atom. The number of aromatic nitrogens is 3. The second kappa shape index (κ2) is 6.47. The minimum Gasteiger partial charge on any atom is -0.336 e. The molecule has 2 heterocycles. The quantitative estimate of drug-likeness (QED) is 0.738. The molecule has 1 aromatic heterocycles. The molecule has 0 radical (unpaired) electrons. The lowest BCUT2D eigenvalue weighted by molar-refractivity contribution is 0.0782. The van der Waals surface area contributed by atoms with Gasteiger partial charge < -0.3 is 4.90 Å². The van der Waals surface area contributed by atoms with E-state index in [1.54, 1.807) is 21.7 Å². The van der Waals surface area contributed by atoms with Crippen LogP contribution >= 0.6 is 0 Å². The van der Waals surface area contributed by atoms with Crippen LogP contribution in [-0.2, 0) is 0 Å². The van der Waals surface area contributed by atoms with Gasteiger partial charge >= 0.3 is 0 Å². The number of carbonyl (C=O) groups is 1. The minimum absolute atomic E-state index is 0.0562. The van der Waals surface area contributed by atoms with Crippen LogP contribution in [0.2, 0.25) is 0 Å². The van der Waals surface area contributed by atoms with Gasteiger partial charge in [0.25, 0.3) is 5.91 Å². The topological polar surface area (TPSA) is 51.0 Å². The fraction of sp³-hybridized carbons (Fsp3) is 0.211. The number of carbonyl (C=O) groups excluding carboxylic acids is 1. The number of hydrogen-bond acceptors (Lipinski definition) is 3. The number of hydrogen-bond donors (Lipinski definition) is 0. The Morgan fingerprint density at radius 1 is 1.08 bits per heavy atom. The highest BCUT2D eigenvalue weighted by Gasteiger charge is 2.30. The molecule has 1 atom stereocenters. The Morgan fingerprint density at radius 3 is 2.64 bits per heavy atom. The number of nitrogens with zero attached hydrogens (tertiary/aromatic N) is 4. The predicted octanol–water partition coefficient (Wildman–Crippen LogP) is 3.17. The first-order chi connectivity index (χ1) is 12.2. The number of amides is 1. The van der Waals surface area contributed by atoms with Crippen molar-refractivity contribution in [1.82, 2.24) is 19.9 Å². The molecule has 4 rings (SSSR count). The summed E-state index contributed by atoms with van der Waals surface area (Å²) >= 11 is 0. The van der Waals surface area contributed by atoms with Crippen molar-refractivity contribution in [2.75, 3.05) is 13.1 Å². The molecule has 126 valence electrons. The highest BCUT2D eigenvalue weighted by atomic mass is 19.1. The molecule has 0 aliphatic carbocycles. The van der Waals surface area contributed by atoms with E-state index in [-0.39, 0.29) is 17.5 Å². The van der Waals surface area contributed by atoms with E-state index < -0.39 is 5.82 Å². The fourth-order valence-corrected chi connectivity index (χ4v) is 3.14. The third kappa shape index (κ3) is 3.03. The largest absolute Gasteiger partial charge is 0.336 e. The molecule has 0 bridgehead atoms. The van der Waals surface area contributed by atoms with E-state index in [2.05, 4.69) is 10.3 Å². The van der Waals surface area contributed by atoms with Crippen molar-refractivity contribution in [3.63, 3.8) is 0 Å². The summed E-state index contributed by atoms with van der Waals surface area (Å²) in [4.78, 5) is 14.2. The number of halogens is 1. The van der Waals surface area contributed by atoms with E-state index in [9.17, 15) is 9.18 Å². The summed E-state index contributed by atoms with van der Waals surface area (Å²) in [5.41, 5.74) is 1.93. The zero-order valence-electron chi connectivity index (χ0n) is 13.5. The smallest absolute Gasteiger partial charge is 0.256 e. The lowest BCUT2D eigenvalue weighted by Gasteiger charge is -2.16. The number of benzene rings is 2. The summed E-state index contributed by atoms with van der Waals surface area (Å²) in [7, 11) is 0. The molecule has 6 heteroatoms. The van der Waals surface area contributed by atoms with Crippen LogP contribution in [0.5, 0.6) is 0 Å². The predicted molar refractivity (Wildman–Crippen MR) is 91.4 cm³/mol. The minimum atomic E-state index is -0.483. The molecule has 25 heavy (non-hydrogen) atoms. The molecule has 0 unspecified atom stereocenters. The molecule has 1 saturated heterocycles. The zero-order valence-corrected chi connectivity index (χ0v) is 13.5. The van der Waals surface area contributed by atoms with Crippen LogP contribution in [0.3, 0.4) is 0 Å². The maximum atomic E-state index is 13.8. The lowest BCUT2D eigenvalue weighted by atomic mass is 10.2. The molecule has 0 spiro atoms. The van der Waals surface area contributed by atoms with Gasteiger partial charge in [-0.15, -0.1) is 5.10 Å². The van der Waals surface area contributed by atoms with Gasteiger partial charge in [-0.3, -0.25) is 4.79 Å². The Hall–Kier alpha value is -3.02. The first-order valence-electron chi connectivity index (χ1n) is 8.23. The first kappa shape index (κ1) is 15.5. The maximum Gasteiger partial charge on any atom is 0.256 e. The summed E-state index contributed by atoms with van der Waals surface area (Å²) in [6.45, 7) is 1.09. The maximum absolute atomic E-state index is 13.8. The van der Waals surface area contributed by atoms with E-state index >= 15 is 0 Å². The molecule has 0 saturated carbocycles. The molecular formula is C19H17FN4O. The van der Waals surface area contributed by atoms with Crippen molar-refractivity contribution in [2.24, 2.45) is 0 Å². The molecule has 0 N–H and O–H groups in total. The molecule has 2 aromatic carbocycles. The van der Waals surface area contributed by atoms with E-state index in [0.29, 0.717) is 13.1 Å². The van der Waals surface area contributed by atoms with Crippen LogP contribution in [0.15, 0.2) is 60.8 Å². The van der Waals surface area contributed by atoms with Crippen LogP contribution in [0.25, 0.3) is 11.3 Å². The highest BCUT2D eigenvalue weighted by molar-refractivity contribution is 5.94. The van der Waals surface area contributed by atoms with Crippen LogP contribution in [0, 0.1) is 5.82 Å². The Balaban J connectivity index is 1.49. The SMILES string of the molecule is O=C(c1ccccc1F)N1CC[C@@H](n2cc(-c3ccccc3)nn2)C1. The van der Waals surface area contributed by atoms with Gasteiger partial charge in [0.05, 0.1) is 17.8 Å². The van der Waals surface area contributed by atoms with Gasteiger partial charge in [-0.1, -0.05) is 47.7 Å². The van der Waals surface area contributed by atoms with E-state index in [1.165, 1.54) is 12.1 Å². The standard InChI is InChI=1S/C19H17FN4O/c20-17-9-5-4-8-16(17)19(25)23-11-10-15(12-23)24-13-18(21-22-24)14-6-2-1-3-7-14/h1-9,13,15H,10-12H2/t15-/m1/s1. The zero-order chi connectivity index (χ0) is 17.2. The number of likely N-dealkylation sites (tertiary alicyclic amines) is 1. The number of rotatable bonds is 3. The van der Waals surface area contributed by atoms with Gasteiger partial charge in [-0.05, 0) is 18.6 Å². The molecule has 1 amide bonds. The van der Waals surface area contributed by atoms with E-state index in [4.69, 9.17) is 0 Å². The van der Waals surface area contributed by atoms with Crippen molar-refractivity contribution in [1.29, 1.82) is 0 Å². The average molecular weight is 336 g/mol. The molecule has 1 fully saturated rings. The Labute approximate surface area is 144 Å². The molecule has 3 aromatic rings. The average Bonchev–Trinajstić information content (AvgIpc) is 3.32. The van der Waals surface area contributed by atoms with E-state index in [0.717, 1.165) is 17.7 Å². The third-order valence-electron chi connectivity index (χ3n) is 4.51. The molecule has 5 nitrogen and oxygen atoms in total. The van der Waals surface area contributed by atoms with Crippen molar-refractivity contribution in [3.8, 4) is 11.3 Å².